The number of hydrogen-bond acceptors (Lipinski definition) is 6. The second-order valence-corrected chi connectivity index (χ2v) is 9.02. The lowest BCUT2D eigenvalue weighted by molar-refractivity contribution is -0.122. The van der Waals surface area contributed by atoms with Crippen LogP contribution in [-0.4, -0.2) is 42.9 Å². The smallest absolute Gasteiger partial charge is 0.263 e. The predicted octanol–water partition coefficient (Wildman–Crippen LogP) is 1.76. The van der Waals surface area contributed by atoms with Gasteiger partial charge in [0, 0.05) is 25.0 Å². The van der Waals surface area contributed by atoms with Crippen LogP contribution in [0.5, 0.6) is 5.75 Å². The molecule has 0 aliphatic carbocycles. The molecule has 1 aliphatic rings. The highest BCUT2D eigenvalue weighted by Crippen LogP contribution is 2.25. The first kappa shape index (κ1) is 21.6. The molecule has 1 aliphatic heterocycles. The summed E-state index contributed by atoms with van der Waals surface area (Å²) in [4.78, 5) is 22.0. The van der Waals surface area contributed by atoms with E-state index in [-0.39, 0.29) is 16.6 Å². The summed E-state index contributed by atoms with van der Waals surface area (Å²) in [6.07, 6.45) is 3.45. The van der Waals surface area contributed by atoms with Crippen LogP contribution in [0, 0.1) is 0 Å². The van der Waals surface area contributed by atoms with Crippen LogP contribution in [0.25, 0.3) is 0 Å². The Labute approximate surface area is 186 Å². The van der Waals surface area contributed by atoms with E-state index in [0.717, 1.165) is 5.56 Å². The molecular formula is C22H23N5O4S. The molecule has 0 bridgehead atoms. The van der Waals surface area contributed by atoms with E-state index in [2.05, 4.69) is 20.0 Å². The fourth-order valence-corrected chi connectivity index (χ4v) is 4.76. The third-order valence-corrected chi connectivity index (χ3v) is 6.59. The number of sulfonamides is 1. The van der Waals surface area contributed by atoms with Gasteiger partial charge in [-0.15, -0.1) is 0 Å². The maximum atomic E-state index is 13.1. The summed E-state index contributed by atoms with van der Waals surface area (Å²) in [6.45, 7) is 1.61. The number of benzene rings is 2. The Hall–Kier alpha value is -3.66. The van der Waals surface area contributed by atoms with Crippen molar-refractivity contribution >= 4 is 21.8 Å². The molecule has 2 atom stereocenters. The molecule has 0 fully saturated rings. The highest BCUT2D eigenvalue weighted by molar-refractivity contribution is 7.90. The molecule has 9 nitrogen and oxygen atoms in total. The van der Waals surface area contributed by atoms with Crippen LogP contribution in [0.2, 0.25) is 0 Å². The molecule has 2 aromatic carbocycles. The molecule has 10 heteroatoms. The number of rotatable bonds is 6. The summed E-state index contributed by atoms with van der Waals surface area (Å²) in [7, 11) is -0.262. The second kappa shape index (κ2) is 8.46. The van der Waals surface area contributed by atoms with Crippen LogP contribution in [-0.2, 0) is 21.9 Å². The number of aliphatic imine (C=N–C) groups is 1. The standard InChI is InChI=1S/C22H23N5O4S/c1-14(24-20-17-9-4-5-10-18(17)32(29,30)26-20)22(28)25-19(21-23-11-12-27(21)2)15-7-6-8-16(13-15)31-3/h4-14,19H,1-3H3,(H,24,26)(H,25,28)/t14-,19?/m0/s1. The van der Waals surface area contributed by atoms with Crippen molar-refractivity contribution in [1.29, 1.82) is 0 Å². The van der Waals surface area contributed by atoms with E-state index in [0.29, 0.717) is 17.1 Å². The predicted molar refractivity (Wildman–Crippen MR) is 119 cm³/mol. The van der Waals surface area contributed by atoms with Crippen LogP contribution in [0.1, 0.15) is 29.9 Å². The van der Waals surface area contributed by atoms with Gasteiger partial charge in [-0.2, -0.15) is 0 Å². The van der Waals surface area contributed by atoms with Crippen molar-refractivity contribution in [2.75, 3.05) is 7.11 Å². The maximum absolute atomic E-state index is 13.1. The second-order valence-electron chi connectivity index (χ2n) is 7.37. The zero-order valence-electron chi connectivity index (χ0n) is 17.8. The highest BCUT2D eigenvalue weighted by Gasteiger charge is 2.31. The van der Waals surface area contributed by atoms with Gasteiger partial charge in [0.2, 0.25) is 5.91 Å². The van der Waals surface area contributed by atoms with E-state index in [1.807, 2.05) is 35.9 Å². The number of amides is 1. The van der Waals surface area contributed by atoms with Gasteiger partial charge >= 0.3 is 0 Å². The van der Waals surface area contributed by atoms with Crippen molar-refractivity contribution in [3.05, 3.63) is 77.9 Å². The van der Waals surface area contributed by atoms with Crippen molar-refractivity contribution in [2.24, 2.45) is 12.0 Å². The fraction of sp³-hybridized carbons (Fsp3) is 0.227. The van der Waals surface area contributed by atoms with E-state index in [4.69, 9.17) is 4.74 Å². The third kappa shape index (κ3) is 4.09. The molecule has 1 amide bonds. The first-order chi connectivity index (χ1) is 15.3. The van der Waals surface area contributed by atoms with Crippen LogP contribution in [0.15, 0.2) is 70.8 Å². The van der Waals surface area contributed by atoms with Crippen LogP contribution < -0.4 is 14.8 Å². The Morgan fingerprint density at radius 2 is 2.00 bits per heavy atom. The topological polar surface area (TPSA) is 115 Å². The molecule has 166 valence electrons. The number of methoxy groups -OCH3 is 1. The van der Waals surface area contributed by atoms with Crippen molar-refractivity contribution in [1.82, 2.24) is 19.6 Å². The minimum atomic E-state index is -3.68. The van der Waals surface area contributed by atoms with Gasteiger partial charge < -0.3 is 14.6 Å². The molecule has 2 N–H and O–H groups in total. The normalized spacial score (nSPS) is 17.3. The summed E-state index contributed by atoms with van der Waals surface area (Å²) in [5.41, 5.74) is 1.24. The van der Waals surface area contributed by atoms with Crippen molar-refractivity contribution in [3.63, 3.8) is 0 Å². The molecule has 0 saturated heterocycles. The lowest BCUT2D eigenvalue weighted by atomic mass is 10.0. The minimum absolute atomic E-state index is 0.147. The van der Waals surface area contributed by atoms with Crippen LogP contribution >= 0.6 is 0 Å². The average Bonchev–Trinajstić information content (AvgIpc) is 3.32. The molecule has 0 spiro atoms. The van der Waals surface area contributed by atoms with E-state index in [9.17, 15) is 13.2 Å². The quantitative estimate of drug-likeness (QED) is 0.590. The monoisotopic (exact) mass is 453 g/mol. The summed E-state index contributed by atoms with van der Waals surface area (Å²) in [6, 6.07) is 12.5. The van der Waals surface area contributed by atoms with E-state index in [1.54, 1.807) is 44.6 Å². The Balaban J connectivity index is 1.63. The third-order valence-electron chi connectivity index (χ3n) is 5.20. The van der Waals surface area contributed by atoms with E-state index in [1.165, 1.54) is 6.07 Å². The Bertz CT molecular complexity index is 1300. The number of carbonyl (C=O) groups is 1. The Morgan fingerprint density at radius 1 is 1.22 bits per heavy atom. The summed E-state index contributed by atoms with van der Waals surface area (Å²) in [5, 5.41) is 2.98. The lowest BCUT2D eigenvalue weighted by Crippen LogP contribution is -2.37. The number of ether oxygens (including phenoxy) is 1. The number of amidine groups is 1. The molecule has 0 radical (unpaired) electrons. The molecule has 32 heavy (non-hydrogen) atoms. The van der Waals surface area contributed by atoms with Crippen LogP contribution in [0.3, 0.4) is 0 Å². The summed E-state index contributed by atoms with van der Waals surface area (Å²) in [5.74, 6) is 1.06. The van der Waals surface area contributed by atoms with Gasteiger partial charge in [0.25, 0.3) is 10.0 Å². The van der Waals surface area contributed by atoms with Gasteiger partial charge in [-0.25, -0.2) is 13.4 Å². The molecule has 4 rings (SSSR count). The van der Waals surface area contributed by atoms with Gasteiger partial charge in [-0.3, -0.25) is 14.5 Å². The number of aryl methyl sites for hydroxylation is 1. The number of imidazole rings is 1. The molecule has 2 heterocycles. The number of nitrogens with zero attached hydrogens (tertiary/aromatic N) is 3. The maximum Gasteiger partial charge on any atom is 0.263 e. The number of nitrogens with one attached hydrogen (secondary N) is 2. The minimum Gasteiger partial charge on any atom is -0.497 e. The van der Waals surface area contributed by atoms with Crippen molar-refractivity contribution in [3.8, 4) is 5.75 Å². The number of aromatic nitrogens is 2. The average molecular weight is 454 g/mol. The first-order valence-electron chi connectivity index (χ1n) is 9.91. The van der Waals surface area contributed by atoms with Crippen molar-refractivity contribution in [2.45, 2.75) is 23.9 Å². The van der Waals surface area contributed by atoms with Crippen LogP contribution in [0.4, 0.5) is 0 Å². The SMILES string of the molecule is COc1cccc(C(NC(=O)[C@H](C)N=C2NS(=O)(=O)c3ccccc32)c2nccn2C)c1. The first-order valence-corrected chi connectivity index (χ1v) is 11.4. The zero-order chi connectivity index (χ0) is 22.9. The van der Waals surface area contributed by atoms with Gasteiger partial charge in [0.05, 0.1) is 12.0 Å². The van der Waals surface area contributed by atoms with E-state index < -0.39 is 22.1 Å². The summed E-state index contributed by atoms with van der Waals surface area (Å²) >= 11 is 0. The van der Waals surface area contributed by atoms with Gasteiger partial charge in [0.1, 0.15) is 29.5 Å². The molecule has 1 unspecified atom stereocenters. The summed E-state index contributed by atoms with van der Waals surface area (Å²) < 4.78 is 34.2. The number of carbonyl (C=O) groups excluding carboxylic acids is 1. The highest BCUT2D eigenvalue weighted by atomic mass is 32.2. The number of fused-ring (bicyclic) bond motifs is 1. The molecular weight excluding hydrogens is 430 g/mol. The Morgan fingerprint density at radius 3 is 2.72 bits per heavy atom. The molecule has 3 aromatic rings. The Kier molecular flexibility index (Phi) is 5.70. The van der Waals surface area contributed by atoms with Gasteiger partial charge in [-0.1, -0.05) is 24.3 Å². The molecule has 1 aromatic heterocycles. The zero-order valence-corrected chi connectivity index (χ0v) is 18.6. The fourth-order valence-electron chi connectivity index (χ4n) is 3.52. The van der Waals surface area contributed by atoms with Crippen molar-refractivity contribution < 1.29 is 17.9 Å². The molecule has 0 saturated carbocycles. The number of hydrogen-bond donors (Lipinski definition) is 2. The van der Waals surface area contributed by atoms with Gasteiger partial charge in [-0.05, 0) is 36.8 Å². The lowest BCUT2D eigenvalue weighted by Gasteiger charge is -2.21. The largest absolute Gasteiger partial charge is 0.497 e. The van der Waals surface area contributed by atoms with E-state index >= 15 is 0 Å². The van der Waals surface area contributed by atoms with Gasteiger partial charge in [0.15, 0.2) is 0 Å².